The summed E-state index contributed by atoms with van der Waals surface area (Å²) in [7, 11) is 3.24. The van der Waals surface area contributed by atoms with E-state index < -0.39 is 5.92 Å². The molecule has 6 heteroatoms. The predicted octanol–water partition coefficient (Wildman–Crippen LogP) is 4.25. The molecule has 2 amide bonds. The molecule has 1 saturated carbocycles. The van der Waals surface area contributed by atoms with E-state index in [0.29, 0.717) is 0 Å². The average molecular weight is 423 g/mol. The number of carbonyl (C=O) groups excluding carboxylic acids is 2. The minimum absolute atomic E-state index is 0.0305. The maximum atomic E-state index is 13.3. The van der Waals surface area contributed by atoms with Gasteiger partial charge < -0.3 is 19.7 Å². The fourth-order valence-corrected chi connectivity index (χ4v) is 4.75. The summed E-state index contributed by atoms with van der Waals surface area (Å²) in [4.78, 5) is 28.2. The molecule has 0 aromatic heterocycles. The first-order chi connectivity index (χ1) is 15.1. The molecule has 2 fully saturated rings. The van der Waals surface area contributed by atoms with Crippen LogP contribution in [0.3, 0.4) is 0 Å². The van der Waals surface area contributed by atoms with Gasteiger partial charge in [-0.1, -0.05) is 31.4 Å². The van der Waals surface area contributed by atoms with E-state index in [4.69, 9.17) is 9.47 Å². The van der Waals surface area contributed by atoms with Crippen LogP contribution < -0.4 is 19.7 Å². The molecule has 1 aliphatic carbocycles. The highest BCUT2D eigenvalue weighted by Gasteiger charge is 2.45. The van der Waals surface area contributed by atoms with Crippen LogP contribution in [0, 0.1) is 5.92 Å². The number of carbonyl (C=O) groups is 2. The molecule has 1 aliphatic heterocycles. The molecule has 1 N–H and O–H groups in total. The van der Waals surface area contributed by atoms with E-state index in [1.807, 2.05) is 48.5 Å². The molecule has 0 spiro atoms. The Hall–Kier alpha value is -3.02. The van der Waals surface area contributed by atoms with Crippen molar-refractivity contribution in [3.05, 3.63) is 54.1 Å². The Balaban J connectivity index is 1.65. The molecule has 2 aromatic rings. The van der Waals surface area contributed by atoms with Crippen LogP contribution in [-0.2, 0) is 9.59 Å². The average Bonchev–Trinajstić information content (AvgIpc) is 3.17. The van der Waals surface area contributed by atoms with Crippen LogP contribution in [0.1, 0.15) is 50.1 Å². The van der Waals surface area contributed by atoms with Gasteiger partial charge >= 0.3 is 0 Å². The van der Waals surface area contributed by atoms with Crippen molar-refractivity contribution in [3.63, 3.8) is 0 Å². The minimum atomic E-state index is -0.440. The van der Waals surface area contributed by atoms with E-state index in [2.05, 4.69) is 5.32 Å². The summed E-state index contributed by atoms with van der Waals surface area (Å²) in [5.74, 6) is 0.951. The van der Waals surface area contributed by atoms with Crippen LogP contribution >= 0.6 is 0 Å². The Morgan fingerprint density at radius 3 is 2.06 bits per heavy atom. The summed E-state index contributed by atoms with van der Waals surface area (Å²) in [5.41, 5.74) is 1.69. The maximum absolute atomic E-state index is 13.3. The summed E-state index contributed by atoms with van der Waals surface area (Å²) in [5, 5.41) is 3.23. The number of hydrogen-bond donors (Lipinski definition) is 1. The quantitative estimate of drug-likeness (QED) is 0.756. The molecule has 6 nitrogen and oxygen atoms in total. The first-order valence-corrected chi connectivity index (χ1v) is 11.0. The Labute approximate surface area is 183 Å². The van der Waals surface area contributed by atoms with Gasteiger partial charge in [-0.15, -0.1) is 0 Å². The van der Waals surface area contributed by atoms with Crippen LogP contribution in [0.2, 0.25) is 0 Å². The van der Waals surface area contributed by atoms with E-state index in [1.54, 1.807) is 19.1 Å². The fraction of sp³-hybridized carbons (Fsp3) is 0.440. The second-order valence-electron chi connectivity index (χ2n) is 8.33. The van der Waals surface area contributed by atoms with Crippen LogP contribution in [0.25, 0.3) is 0 Å². The van der Waals surface area contributed by atoms with Gasteiger partial charge in [-0.25, -0.2) is 0 Å². The number of amides is 2. The lowest BCUT2D eigenvalue weighted by Gasteiger charge is -2.30. The van der Waals surface area contributed by atoms with Crippen LogP contribution in [0.5, 0.6) is 11.5 Å². The molecule has 0 radical (unpaired) electrons. The van der Waals surface area contributed by atoms with Crippen molar-refractivity contribution in [2.24, 2.45) is 5.92 Å². The second kappa shape index (κ2) is 9.41. The third-order valence-corrected chi connectivity index (χ3v) is 6.42. The van der Waals surface area contributed by atoms with Gasteiger partial charge in [0.05, 0.1) is 26.2 Å². The standard InChI is InChI=1S/C25H30N2O4/c1-30-20-12-8-17(9-13-20)24-22(25(29)26-18-6-4-3-5-7-18)16-23(28)27(24)19-10-14-21(31-2)15-11-19/h8-15,18,22,24H,3-7,16H2,1-2H3,(H,26,29)/t22-,24-/m1/s1. The second-order valence-corrected chi connectivity index (χ2v) is 8.33. The number of nitrogens with one attached hydrogen (secondary N) is 1. The highest BCUT2D eigenvalue weighted by molar-refractivity contribution is 6.01. The normalized spacial score (nSPS) is 21.7. The van der Waals surface area contributed by atoms with Gasteiger partial charge in [0, 0.05) is 18.2 Å². The zero-order valence-electron chi connectivity index (χ0n) is 18.2. The van der Waals surface area contributed by atoms with Gasteiger partial charge in [0.25, 0.3) is 0 Å². The smallest absolute Gasteiger partial charge is 0.228 e. The third-order valence-electron chi connectivity index (χ3n) is 6.42. The lowest BCUT2D eigenvalue weighted by molar-refractivity contribution is -0.127. The van der Waals surface area contributed by atoms with E-state index in [9.17, 15) is 9.59 Å². The number of benzene rings is 2. The Bertz CT molecular complexity index is 904. The Kier molecular flexibility index (Phi) is 6.44. The number of methoxy groups -OCH3 is 2. The summed E-state index contributed by atoms with van der Waals surface area (Å²) < 4.78 is 10.5. The fourth-order valence-electron chi connectivity index (χ4n) is 4.75. The van der Waals surface area contributed by atoms with E-state index >= 15 is 0 Å². The lowest BCUT2D eigenvalue weighted by atomic mass is 9.90. The largest absolute Gasteiger partial charge is 0.497 e. The third kappa shape index (κ3) is 4.53. The number of hydrogen-bond acceptors (Lipinski definition) is 4. The van der Waals surface area contributed by atoms with Crippen molar-refractivity contribution < 1.29 is 19.1 Å². The maximum Gasteiger partial charge on any atom is 0.228 e. The van der Waals surface area contributed by atoms with Crippen molar-refractivity contribution in [2.45, 2.75) is 50.6 Å². The number of rotatable bonds is 6. The minimum Gasteiger partial charge on any atom is -0.497 e. The molecule has 4 rings (SSSR count). The molecule has 2 aromatic carbocycles. The van der Waals surface area contributed by atoms with Crippen LogP contribution in [0.4, 0.5) is 5.69 Å². The predicted molar refractivity (Wildman–Crippen MR) is 119 cm³/mol. The lowest BCUT2D eigenvalue weighted by Crippen LogP contribution is -2.41. The van der Waals surface area contributed by atoms with Crippen molar-refractivity contribution in [1.82, 2.24) is 5.32 Å². The van der Waals surface area contributed by atoms with Gasteiger partial charge in [0.1, 0.15) is 11.5 Å². The van der Waals surface area contributed by atoms with Crippen molar-refractivity contribution in [3.8, 4) is 11.5 Å². The zero-order valence-corrected chi connectivity index (χ0v) is 18.2. The molecule has 31 heavy (non-hydrogen) atoms. The molecule has 0 bridgehead atoms. The van der Waals surface area contributed by atoms with Gasteiger partial charge in [0.15, 0.2) is 0 Å². The molecular weight excluding hydrogens is 392 g/mol. The first kappa shape index (κ1) is 21.2. The highest BCUT2D eigenvalue weighted by atomic mass is 16.5. The zero-order chi connectivity index (χ0) is 21.8. The van der Waals surface area contributed by atoms with Gasteiger partial charge in [-0.3, -0.25) is 9.59 Å². The summed E-state index contributed by atoms with van der Waals surface area (Å²) in [6, 6.07) is 14.9. The Morgan fingerprint density at radius 1 is 0.903 bits per heavy atom. The Morgan fingerprint density at radius 2 is 1.48 bits per heavy atom. The molecule has 1 saturated heterocycles. The SMILES string of the molecule is COc1ccc([C@@H]2[C@H](C(=O)NC3CCCCC3)CC(=O)N2c2ccc(OC)cc2)cc1. The monoisotopic (exact) mass is 422 g/mol. The van der Waals surface area contributed by atoms with Gasteiger partial charge in [-0.2, -0.15) is 0 Å². The topological polar surface area (TPSA) is 67.9 Å². The molecule has 2 atom stereocenters. The molecule has 1 heterocycles. The van der Waals surface area contributed by atoms with Crippen molar-refractivity contribution >= 4 is 17.5 Å². The van der Waals surface area contributed by atoms with Crippen molar-refractivity contribution in [1.29, 1.82) is 0 Å². The van der Waals surface area contributed by atoms with E-state index in [0.717, 1.165) is 48.4 Å². The summed E-state index contributed by atoms with van der Waals surface area (Å²) in [6.07, 6.45) is 5.75. The summed E-state index contributed by atoms with van der Waals surface area (Å²) >= 11 is 0. The van der Waals surface area contributed by atoms with Gasteiger partial charge in [0.2, 0.25) is 11.8 Å². The van der Waals surface area contributed by atoms with Crippen molar-refractivity contribution in [2.75, 3.05) is 19.1 Å². The summed E-state index contributed by atoms with van der Waals surface area (Å²) in [6.45, 7) is 0. The first-order valence-electron chi connectivity index (χ1n) is 11.0. The molecule has 164 valence electrons. The molecule has 0 unspecified atom stereocenters. The van der Waals surface area contributed by atoms with E-state index in [1.165, 1.54) is 6.42 Å². The van der Waals surface area contributed by atoms with Crippen LogP contribution in [-0.4, -0.2) is 32.1 Å². The number of nitrogens with zero attached hydrogens (tertiary/aromatic N) is 1. The molecular formula is C25H30N2O4. The number of ether oxygens (including phenoxy) is 2. The highest BCUT2D eigenvalue weighted by Crippen LogP contribution is 2.42. The molecule has 2 aliphatic rings. The van der Waals surface area contributed by atoms with Crippen LogP contribution in [0.15, 0.2) is 48.5 Å². The number of anilines is 1. The van der Waals surface area contributed by atoms with Gasteiger partial charge in [-0.05, 0) is 54.8 Å². The van der Waals surface area contributed by atoms with E-state index in [-0.39, 0.29) is 30.3 Å².